The molecule has 7 nitrogen and oxygen atoms in total. The van der Waals surface area contributed by atoms with Gasteiger partial charge in [0.2, 0.25) is 0 Å². The maximum Gasteiger partial charge on any atom is 0.272 e. The summed E-state index contributed by atoms with van der Waals surface area (Å²) >= 11 is 0. The number of rotatable bonds is 5. The van der Waals surface area contributed by atoms with Crippen LogP contribution in [0.1, 0.15) is 32.6 Å². The highest BCUT2D eigenvalue weighted by atomic mass is 32.2. The van der Waals surface area contributed by atoms with Crippen LogP contribution >= 0.6 is 0 Å². The van der Waals surface area contributed by atoms with Gasteiger partial charge in [-0.15, -0.1) is 0 Å². The van der Waals surface area contributed by atoms with Crippen LogP contribution in [0.3, 0.4) is 0 Å². The molecule has 160 valence electrons. The van der Waals surface area contributed by atoms with E-state index in [0.717, 1.165) is 15.4 Å². The van der Waals surface area contributed by atoms with Gasteiger partial charge in [0.05, 0.1) is 15.5 Å². The second kappa shape index (κ2) is 8.31. The molecule has 0 spiro atoms. The van der Waals surface area contributed by atoms with Crippen LogP contribution < -0.4 is 4.31 Å². The molecule has 3 aromatic carbocycles. The maximum absolute atomic E-state index is 13.6. The number of hydrogen-bond donors (Lipinski definition) is 0. The number of aryl methyl sites for hydroxylation is 3. The molecule has 0 N–H and O–H groups in total. The summed E-state index contributed by atoms with van der Waals surface area (Å²) in [5.41, 5.74) is 2.76. The monoisotopic (exact) mass is 438 g/mol. The standard InChI is InChI=1S/C23H22N2O5S/c1-15-8-11-20(12-9-15)31(29,30)24(22-7-5-6-16(2)18(22)4)23(26)19-10-13-21(25(27)28)17(3)14-19/h5-14H,1-4H3. The van der Waals surface area contributed by atoms with Crippen molar-refractivity contribution in [1.29, 1.82) is 0 Å². The minimum absolute atomic E-state index is 0.0222. The van der Waals surface area contributed by atoms with E-state index in [4.69, 9.17) is 0 Å². The first-order valence-corrected chi connectivity index (χ1v) is 11.0. The van der Waals surface area contributed by atoms with Gasteiger partial charge in [-0.05, 0) is 69.2 Å². The number of anilines is 1. The van der Waals surface area contributed by atoms with E-state index in [9.17, 15) is 23.3 Å². The number of carbonyl (C=O) groups excluding carboxylic acids is 1. The molecule has 3 aromatic rings. The molecule has 8 heteroatoms. The van der Waals surface area contributed by atoms with Gasteiger partial charge < -0.3 is 0 Å². The van der Waals surface area contributed by atoms with Gasteiger partial charge in [-0.2, -0.15) is 4.31 Å². The van der Waals surface area contributed by atoms with Crippen LogP contribution in [0.25, 0.3) is 0 Å². The molecule has 0 unspecified atom stereocenters. The quantitative estimate of drug-likeness (QED) is 0.418. The van der Waals surface area contributed by atoms with Crippen LogP contribution in [0.2, 0.25) is 0 Å². The van der Waals surface area contributed by atoms with Crippen LogP contribution in [0.15, 0.2) is 65.6 Å². The lowest BCUT2D eigenvalue weighted by Gasteiger charge is -2.25. The van der Waals surface area contributed by atoms with Crippen molar-refractivity contribution in [2.45, 2.75) is 32.6 Å². The second-order valence-corrected chi connectivity index (χ2v) is 9.15. The van der Waals surface area contributed by atoms with Crippen molar-refractivity contribution in [1.82, 2.24) is 0 Å². The summed E-state index contributed by atoms with van der Waals surface area (Å²) in [5, 5.41) is 11.1. The Kier molecular flexibility index (Phi) is 5.94. The van der Waals surface area contributed by atoms with E-state index in [1.807, 2.05) is 19.9 Å². The molecule has 3 rings (SSSR count). The van der Waals surface area contributed by atoms with Crippen molar-refractivity contribution in [3.05, 3.63) is 98.6 Å². The van der Waals surface area contributed by atoms with E-state index < -0.39 is 20.9 Å². The fraction of sp³-hybridized carbons (Fsp3) is 0.174. The van der Waals surface area contributed by atoms with E-state index in [1.54, 1.807) is 31.2 Å². The number of hydrogen-bond acceptors (Lipinski definition) is 5. The van der Waals surface area contributed by atoms with Crippen molar-refractivity contribution < 1.29 is 18.1 Å². The summed E-state index contributed by atoms with van der Waals surface area (Å²) in [6, 6.07) is 15.1. The minimum Gasteiger partial charge on any atom is -0.268 e. The molecule has 0 saturated carbocycles. The van der Waals surface area contributed by atoms with E-state index in [-0.39, 0.29) is 27.4 Å². The smallest absolute Gasteiger partial charge is 0.268 e. The summed E-state index contributed by atoms with van der Waals surface area (Å²) in [6.45, 7) is 6.92. The van der Waals surface area contributed by atoms with Crippen LogP contribution in [-0.2, 0) is 10.0 Å². The summed E-state index contributed by atoms with van der Waals surface area (Å²) < 4.78 is 27.9. The number of nitro groups is 1. The van der Waals surface area contributed by atoms with Crippen LogP contribution in [0.4, 0.5) is 11.4 Å². The van der Waals surface area contributed by atoms with Gasteiger partial charge in [-0.25, -0.2) is 8.42 Å². The van der Waals surface area contributed by atoms with Crippen LogP contribution in [-0.4, -0.2) is 19.2 Å². The molecular formula is C23H22N2O5S. The highest BCUT2D eigenvalue weighted by molar-refractivity contribution is 7.93. The number of nitro benzene ring substituents is 1. The Morgan fingerprint density at radius 3 is 2.13 bits per heavy atom. The van der Waals surface area contributed by atoms with Gasteiger partial charge in [0, 0.05) is 17.2 Å². The third kappa shape index (κ3) is 4.20. The number of sulfonamides is 1. The third-order valence-electron chi connectivity index (χ3n) is 5.18. The predicted octanol–water partition coefficient (Wildman–Crippen LogP) is 4.86. The first kappa shape index (κ1) is 22.2. The first-order chi connectivity index (χ1) is 14.5. The van der Waals surface area contributed by atoms with Crippen LogP contribution in [0.5, 0.6) is 0 Å². The predicted molar refractivity (Wildman–Crippen MR) is 119 cm³/mol. The lowest BCUT2D eigenvalue weighted by molar-refractivity contribution is -0.385. The zero-order chi connectivity index (χ0) is 22.9. The van der Waals surface area contributed by atoms with Gasteiger partial charge in [0.1, 0.15) is 0 Å². The van der Waals surface area contributed by atoms with Crippen molar-refractivity contribution in [2.24, 2.45) is 0 Å². The molecule has 0 bridgehead atoms. The molecule has 0 atom stereocenters. The van der Waals surface area contributed by atoms with Gasteiger partial charge in [-0.1, -0.05) is 29.8 Å². The van der Waals surface area contributed by atoms with Gasteiger partial charge in [-0.3, -0.25) is 14.9 Å². The fourth-order valence-corrected chi connectivity index (χ4v) is 4.70. The van der Waals surface area contributed by atoms with Gasteiger partial charge in [0.15, 0.2) is 0 Å². The molecular weight excluding hydrogens is 416 g/mol. The molecule has 0 aliphatic rings. The Hall–Kier alpha value is -3.52. The molecule has 0 aliphatic heterocycles. The average molecular weight is 439 g/mol. The number of nitrogens with zero attached hydrogens (tertiary/aromatic N) is 2. The van der Waals surface area contributed by atoms with Crippen molar-refractivity contribution in [2.75, 3.05) is 4.31 Å². The number of benzene rings is 3. The average Bonchev–Trinajstić information content (AvgIpc) is 2.71. The summed E-state index contributed by atoms with van der Waals surface area (Å²) in [6.07, 6.45) is 0. The SMILES string of the molecule is Cc1ccc(S(=O)(=O)N(C(=O)c2ccc([N+](=O)[O-])c(C)c2)c2cccc(C)c2C)cc1. The first-order valence-electron chi connectivity index (χ1n) is 9.51. The Bertz CT molecular complexity index is 1280. The van der Waals surface area contributed by atoms with Crippen molar-refractivity contribution in [3.8, 4) is 0 Å². The zero-order valence-electron chi connectivity index (χ0n) is 17.6. The maximum atomic E-state index is 13.6. The van der Waals surface area contributed by atoms with Crippen LogP contribution in [0, 0.1) is 37.8 Å². The molecule has 0 radical (unpaired) electrons. The van der Waals surface area contributed by atoms with E-state index in [2.05, 4.69) is 0 Å². The topological polar surface area (TPSA) is 97.6 Å². The Labute approximate surface area is 181 Å². The van der Waals surface area contributed by atoms with Gasteiger partial charge >= 0.3 is 0 Å². The van der Waals surface area contributed by atoms with E-state index in [1.165, 1.54) is 37.3 Å². The summed E-state index contributed by atoms with van der Waals surface area (Å²) in [7, 11) is -4.25. The molecule has 31 heavy (non-hydrogen) atoms. The Balaban J connectivity index is 2.22. The normalized spacial score (nSPS) is 11.2. The van der Waals surface area contributed by atoms with Gasteiger partial charge in [0.25, 0.3) is 21.6 Å². The molecule has 1 amide bonds. The summed E-state index contributed by atoms with van der Waals surface area (Å²) in [5.74, 6) is -0.785. The number of amides is 1. The summed E-state index contributed by atoms with van der Waals surface area (Å²) in [4.78, 5) is 24.1. The zero-order valence-corrected chi connectivity index (χ0v) is 18.4. The molecule has 0 fully saturated rings. The highest BCUT2D eigenvalue weighted by Gasteiger charge is 2.33. The lowest BCUT2D eigenvalue weighted by atomic mass is 10.1. The third-order valence-corrected chi connectivity index (χ3v) is 6.89. The van der Waals surface area contributed by atoms with E-state index in [0.29, 0.717) is 5.56 Å². The van der Waals surface area contributed by atoms with E-state index >= 15 is 0 Å². The Morgan fingerprint density at radius 1 is 0.903 bits per heavy atom. The minimum atomic E-state index is -4.25. The second-order valence-electron chi connectivity index (χ2n) is 7.37. The molecule has 0 aromatic heterocycles. The molecule has 0 saturated heterocycles. The largest absolute Gasteiger partial charge is 0.272 e. The van der Waals surface area contributed by atoms with Crippen molar-refractivity contribution >= 4 is 27.3 Å². The lowest BCUT2D eigenvalue weighted by Crippen LogP contribution is -2.37. The molecule has 0 aliphatic carbocycles. The van der Waals surface area contributed by atoms with Crippen molar-refractivity contribution in [3.63, 3.8) is 0 Å². The highest BCUT2D eigenvalue weighted by Crippen LogP contribution is 2.31. The fourth-order valence-electron chi connectivity index (χ4n) is 3.23. The molecule has 0 heterocycles. The Morgan fingerprint density at radius 2 is 1.55 bits per heavy atom. The number of carbonyl (C=O) groups is 1.